The van der Waals surface area contributed by atoms with E-state index in [2.05, 4.69) is 10.3 Å². The Labute approximate surface area is 157 Å². The van der Waals surface area contributed by atoms with Crippen molar-refractivity contribution in [2.24, 2.45) is 0 Å². The normalized spacial score (nSPS) is 10.6. The highest BCUT2D eigenvalue weighted by molar-refractivity contribution is 6.30. The molecule has 26 heavy (non-hydrogen) atoms. The van der Waals surface area contributed by atoms with Gasteiger partial charge in [-0.05, 0) is 55.5 Å². The van der Waals surface area contributed by atoms with Gasteiger partial charge in [0.25, 0.3) is 5.91 Å². The number of nitrogens with one attached hydrogen (secondary N) is 1. The van der Waals surface area contributed by atoms with Crippen LogP contribution in [0.4, 0.5) is 0 Å². The number of amides is 1. The number of nitrogens with zero attached hydrogens (tertiary/aromatic N) is 1. The number of aromatic nitrogens is 1. The monoisotopic (exact) mass is 370 g/mol. The Hall–Kier alpha value is -2.79. The molecule has 3 aromatic rings. The van der Waals surface area contributed by atoms with E-state index in [9.17, 15) is 4.79 Å². The Morgan fingerprint density at radius 1 is 1.15 bits per heavy atom. The van der Waals surface area contributed by atoms with Crippen molar-refractivity contribution in [1.82, 2.24) is 10.3 Å². The lowest BCUT2D eigenvalue weighted by Gasteiger charge is -2.04. The van der Waals surface area contributed by atoms with Crippen LogP contribution < -0.4 is 10.1 Å². The van der Waals surface area contributed by atoms with E-state index in [0.717, 1.165) is 22.8 Å². The minimum absolute atomic E-state index is 0.141. The Balaban J connectivity index is 1.60. The Morgan fingerprint density at radius 3 is 2.50 bits per heavy atom. The molecule has 0 aliphatic rings. The van der Waals surface area contributed by atoms with Crippen LogP contribution in [-0.4, -0.2) is 24.5 Å². The molecule has 0 spiro atoms. The number of hydrogen-bond donors (Lipinski definition) is 1. The van der Waals surface area contributed by atoms with Gasteiger partial charge in [-0.25, -0.2) is 4.98 Å². The smallest absolute Gasteiger partial charge is 0.251 e. The molecule has 6 heteroatoms. The van der Waals surface area contributed by atoms with Gasteiger partial charge in [-0.3, -0.25) is 4.79 Å². The molecule has 2 aromatic carbocycles. The van der Waals surface area contributed by atoms with Gasteiger partial charge in [0, 0.05) is 29.1 Å². The summed E-state index contributed by atoms with van der Waals surface area (Å²) in [5.74, 6) is 1.95. The van der Waals surface area contributed by atoms with Crippen LogP contribution in [0.15, 0.2) is 52.9 Å². The van der Waals surface area contributed by atoms with Crippen molar-refractivity contribution < 1.29 is 13.9 Å². The molecule has 1 N–H and O–H groups in total. The van der Waals surface area contributed by atoms with Crippen LogP contribution >= 0.6 is 11.6 Å². The van der Waals surface area contributed by atoms with Gasteiger partial charge < -0.3 is 14.5 Å². The first-order chi connectivity index (χ1) is 12.6. The van der Waals surface area contributed by atoms with E-state index in [4.69, 9.17) is 20.8 Å². The summed E-state index contributed by atoms with van der Waals surface area (Å²) in [5, 5.41) is 3.48. The van der Waals surface area contributed by atoms with Crippen molar-refractivity contribution >= 4 is 17.5 Å². The summed E-state index contributed by atoms with van der Waals surface area (Å²) in [4.78, 5) is 16.6. The summed E-state index contributed by atoms with van der Waals surface area (Å²) in [7, 11) is 1.63. The van der Waals surface area contributed by atoms with E-state index in [1.54, 1.807) is 31.4 Å². The van der Waals surface area contributed by atoms with Crippen molar-refractivity contribution in [2.75, 3.05) is 13.7 Å². The lowest BCUT2D eigenvalue weighted by molar-refractivity contribution is 0.0954. The molecular weight excluding hydrogens is 352 g/mol. The second kappa shape index (κ2) is 8.06. The summed E-state index contributed by atoms with van der Waals surface area (Å²) in [6.07, 6.45) is 0.588. The average Bonchev–Trinajstić information content (AvgIpc) is 3.03. The van der Waals surface area contributed by atoms with E-state index >= 15 is 0 Å². The van der Waals surface area contributed by atoms with Crippen LogP contribution in [0.1, 0.15) is 21.8 Å². The summed E-state index contributed by atoms with van der Waals surface area (Å²) in [6, 6.07) is 14.3. The largest absolute Gasteiger partial charge is 0.497 e. The van der Waals surface area contributed by atoms with Crippen LogP contribution in [0.25, 0.3) is 11.5 Å². The van der Waals surface area contributed by atoms with E-state index in [1.807, 2.05) is 31.2 Å². The fourth-order valence-corrected chi connectivity index (χ4v) is 2.64. The van der Waals surface area contributed by atoms with Crippen molar-refractivity contribution in [3.63, 3.8) is 0 Å². The third-order valence-electron chi connectivity index (χ3n) is 3.98. The Bertz CT molecular complexity index is 886. The molecule has 134 valence electrons. The predicted molar refractivity (Wildman–Crippen MR) is 101 cm³/mol. The van der Waals surface area contributed by atoms with Crippen molar-refractivity contribution in [3.8, 4) is 17.2 Å². The Morgan fingerprint density at radius 2 is 1.85 bits per heavy atom. The summed E-state index contributed by atoms with van der Waals surface area (Å²) < 4.78 is 10.9. The summed E-state index contributed by atoms with van der Waals surface area (Å²) in [6.45, 7) is 2.34. The first kappa shape index (κ1) is 18.0. The molecule has 0 fully saturated rings. The quantitative estimate of drug-likeness (QED) is 0.703. The number of rotatable bonds is 6. The molecule has 0 unspecified atom stereocenters. The van der Waals surface area contributed by atoms with Gasteiger partial charge in [0.15, 0.2) is 0 Å². The summed E-state index contributed by atoms with van der Waals surface area (Å²) >= 11 is 5.83. The summed E-state index contributed by atoms with van der Waals surface area (Å²) in [5.41, 5.74) is 2.28. The van der Waals surface area contributed by atoms with E-state index in [1.165, 1.54) is 0 Å². The molecule has 3 rings (SSSR count). The number of aryl methyl sites for hydroxylation is 1. The first-order valence-corrected chi connectivity index (χ1v) is 8.59. The van der Waals surface area contributed by atoms with Crippen LogP contribution in [0.5, 0.6) is 5.75 Å². The van der Waals surface area contributed by atoms with E-state index in [0.29, 0.717) is 29.4 Å². The molecule has 1 amide bonds. The highest BCUT2D eigenvalue weighted by Crippen LogP contribution is 2.24. The second-order valence-electron chi connectivity index (χ2n) is 5.76. The standard InChI is InChI=1S/C20H19ClN2O3/c1-13-18(11-12-22-19(24)14-3-7-16(21)8-4-14)23-20(26-13)15-5-9-17(25-2)10-6-15/h3-10H,11-12H2,1-2H3,(H,22,24). The van der Waals surface area contributed by atoms with Gasteiger partial charge in [-0.15, -0.1) is 0 Å². The number of carbonyl (C=O) groups excluding carboxylic acids is 1. The SMILES string of the molecule is COc1ccc(-c2nc(CCNC(=O)c3ccc(Cl)cc3)c(C)o2)cc1. The molecule has 0 aliphatic carbocycles. The number of carbonyl (C=O) groups is 1. The van der Waals surface area contributed by atoms with Crippen molar-refractivity contribution in [3.05, 3.63) is 70.6 Å². The molecule has 0 saturated heterocycles. The molecule has 1 heterocycles. The van der Waals surface area contributed by atoms with Gasteiger partial charge in [0.05, 0.1) is 12.8 Å². The maximum Gasteiger partial charge on any atom is 0.251 e. The molecule has 0 radical (unpaired) electrons. The minimum Gasteiger partial charge on any atom is -0.497 e. The van der Waals surface area contributed by atoms with Gasteiger partial charge >= 0.3 is 0 Å². The van der Waals surface area contributed by atoms with Crippen LogP contribution in [-0.2, 0) is 6.42 Å². The van der Waals surface area contributed by atoms with Gasteiger partial charge in [0.1, 0.15) is 11.5 Å². The number of halogens is 1. The zero-order chi connectivity index (χ0) is 18.5. The van der Waals surface area contributed by atoms with Gasteiger partial charge in [-0.2, -0.15) is 0 Å². The third kappa shape index (κ3) is 4.24. The topological polar surface area (TPSA) is 64.4 Å². The predicted octanol–water partition coefficient (Wildman–Crippen LogP) is 4.28. The molecule has 0 bridgehead atoms. The second-order valence-corrected chi connectivity index (χ2v) is 6.20. The highest BCUT2D eigenvalue weighted by Gasteiger charge is 2.12. The lowest BCUT2D eigenvalue weighted by atomic mass is 10.2. The fraction of sp³-hybridized carbons (Fsp3) is 0.200. The van der Waals surface area contributed by atoms with Crippen LogP contribution in [0.2, 0.25) is 5.02 Å². The van der Waals surface area contributed by atoms with Crippen LogP contribution in [0, 0.1) is 6.92 Å². The van der Waals surface area contributed by atoms with Gasteiger partial charge in [0.2, 0.25) is 5.89 Å². The molecular formula is C20H19ClN2O3. The molecule has 0 saturated carbocycles. The molecule has 0 aliphatic heterocycles. The third-order valence-corrected chi connectivity index (χ3v) is 4.24. The van der Waals surface area contributed by atoms with Crippen molar-refractivity contribution in [2.45, 2.75) is 13.3 Å². The average molecular weight is 371 g/mol. The lowest BCUT2D eigenvalue weighted by Crippen LogP contribution is -2.25. The van der Waals surface area contributed by atoms with Crippen molar-refractivity contribution in [1.29, 1.82) is 0 Å². The van der Waals surface area contributed by atoms with E-state index in [-0.39, 0.29) is 5.91 Å². The fourth-order valence-electron chi connectivity index (χ4n) is 2.51. The zero-order valence-corrected chi connectivity index (χ0v) is 15.3. The number of oxazole rings is 1. The Kier molecular flexibility index (Phi) is 5.58. The highest BCUT2D eigenvalue weighted by atomic mass is 35.5. The minimum atomic E-state index is -0.141. The maximum absolute atomic E-state index is 12.1. The van der Waals surface area contributed by atoms with E-state index < -0.39 is 0 Å². The number of ether oxygens (including phenoxy) is 1. The first-order valence-electron chi connectivity index (χ1n) is 8.21. The molecule has 1 aromatic heterocycles. The van der Waals surface area contributed by atoms with Crippen LogP contribution in [0.3, 0.4) is 0 Å². The maximum atomic E-state index is 12.1. The number of benzene rings is 2. The zero-order valence-electron chi connectivity index (χ0n) is 14.6. The van der Waals surface area contributed by atoms with Gasteiger partial charge in [-0.1, -0.05) is 11.6 Å². The number of methoxy groups -OCH3 is 1. The molecule has 5 nitrogen and oxygen atoms in total. The molecule has 0 atom stereocenters. The number of hydrogen-bond acceptors (Lipinski definition) is 4.